The van der Waals surface area contributed by atoms with Crippen LogP contribution in [-0.2, 0) is 0 Å². The van der Waals surface area contributed by atoms with Crippen LogP contribution in [0.15, 0.2) is 18.3 Å². The van der Waals surface area contributed by atoms with E-state index in [9.17, 15) is 0 Å². The molecule has 1 heterocycles. The molecule has 1 aromatic rings. The first-order valence-electron chi connectivity index (χ1n) is 4.22. The van der Waals surface area contributed by atoms with E-state index in [1.807, 2.05) is 6.07 Å². The van der Waals surface area contributed by atoms with E-state index in [2.05, 4.69) is 10.3 Å². The first-order valence-corrected chi connectivity index (χ1v) is 4.60. The molecule has 4 heteroatoms. The van der Waals surface area contributed by atoms with Gasteiger partial charge in [0.2, 0.25) is 0 Å². The summed E-state index contributed by atoms with van der Waals surface area (Å²) in [6.07, 6.45) is 2.09. The Hall–Kier alpha value is -0.800. The Balaban J connectivity index is 2.37. The summed E-state index contributed by atoms with van der Waals surface area (Å²) in [6.45, 7) is 2.50. The number of aromatic nitrogens is 1. The van der Waals surface area contributed by atoms with E-state index in [4.69, 9.17) is 16.7 Å². The molecule has 1 rings (SSSR count). The Morgan fingerprint density at radius 3 is 3.08 bits per heavy atom. The topological polar surface area (TPSA) is 45.1 Å². The van der Waals surface area contributed by atoms with E-state index in [0.717, 1.165) is 18.7 Å². The van der Waals surface area contributed by atoms with Crippen molar-refractivity contribution in [2.75, 3.05) is 11.9 Å². The Kier molecular flexibility index (Phi) is 3.99. The van der Waals surface area contributed by atoms with Crippen LogP contribution in [0.5, 0.6) is 0 Å². The van der Waals surface area contributed by atoms with E-state index in [-0.39, 0.29) is 6.10 Å². The lowest BCUT2D eigenvalue weighted by atomic mass is 10.3. The summed E-state index contributed by atoms with van der Waals surface area (Å²) in [6, 6.07) is 3.59. The van der Waals surface area contributed by atoms with Crippen molar-refractivity contribution in [3.8, 4) is 0 Å². The molecule has 0 spiro atoms. The number of halogens is 1. The number of anilines is 1. The number of aliphatic hydroxyl groups is 1. The van der Waals surface area contributed by atoms with Crippen molar-refractivity contribution in [1.29, 1.82) is 0 Å². The molecule has 3 nitrogen and oxygen atoms in total. The fourth-order valence-corrected chi connectivity index (χ4v) is 1.11. The summed E-state index contributed by atoms with van der Waals surface area (Å²) >= 11 is 5.69. The average Bonchev–Trinajstić information content (AvgIpc) is 2.03. The molecule has 0 saturated carbocycles. The van der Waals surface area contributed by atoms with Gasteiger partial charge in [0, 0.05) is 18.4 Å². The molecular weight excluding hydrogens is 188 g/mol. The molecule has 0 saturated heterocycles. The zero-order valence-electron chi connectivity index (χ0n) is 7.50. The van der Waals surface area contributed by atoms with Gasteiger partial charge in [0.05, 0.1) is 6.10 Å². The van der Waals surface area contributed by atoms with E-state index < -0.39 is 0 Å². The van der Waals surface area contributed by atoms with Crippen LogP contribution in [0.2, 0.25) is 5.15 Å². The lowest BCUT2D eigenvalue weighted by Crippen LogP contribution is -2.09. The molecule has 72 valence electrons. The standard InChI is InChI=1S/C9H13ClN2O/c1-7(13)2-4-11-8-3-5-12-9(10)6-8/h3,5-7,13H,2,4H2,1H3,(H,11,12). The minimum absolute atomic E-state index is 0.273. The van der Waals surface area contributed by atoms with Gasteiger partial charge in [-0.15, -0.1) is 0 Å². The number of hydrogen-bond donors (Lipinski definition) is 2. The molecule has 0 aliphatic heterocycles. The van der Waals surface area contributed by atoms with Gasteiger partial charge in [-0.2, -0.15) is 0 Å². The Bertz CT molecular complexity index is 266. The van der Waals surface area contributed by atoms with Crippen LogP contribution in [0.4, 0.5) is 5.69 Å². The van der Waals surface area contributed by atoms with Gasteiger partial charge in [0.25, 0.3) is 0 Å². The highest BCUT2D eigenvalue weighted by molar-refractivity contribution is 6.29. The Labute approximate surface area is 82.8 Å². The predicted molar refractivity (Wildman–Crippen MR) is 54.0 cm³/mol. The maximum Gasteiger partial charge on any atom is 0.131 e. The van der Waals surface area contributed by atoms with Crippen LogP contribution in [-0.4, -0.2) is 22.7 Å². The summed E-state index contributed by atoms with van der Waals surface area (Å²) < 4.78 is 0. The van der Waals surface area contributed by atoms with E-state index in [1.165, 1.54) is 0 Å². The third-order valence-electron chi connectivity index (χ3n) is 1.62. The third kappa shape index (κ3) is 4.10. The molecule has 13 heavy (non-hydrogen) atoms. The molecule has 1 unspecified atom stereocenters. The van der Waals surface area contributed by atoms with Crippen LogP contribution in [0.1, 0.15) is 13.3 Å². The van der Waals surface area contributed by atoms with Gasteiger partial charge in [0.15, 0.2) is 0 Å². The van der Waals surface area contributed by atoms with Gasteiger partial charge < -0.3 is 10.4 Å². The van der Waals surface area contributed by atoms with Gasteiger partial charge in [-0.05, 0) is 25.5 Å². The largest absolute Gasteiger partial charge is 0.393 e. The fraction of sp³-hybridized carbons (Fsp3) is 0.444. The van der Waals surface area contributed by atoms with Gasteiger partial charge in [-0.1, -0.05) is 11.6 Å². The van der Waals surface area contributed by atoms with Crippen LogP contribution in [0.25, 0.3) is 0 Å². The maximum atomic E-state index is 9.01. The Morgan fingerprint density at radius 1 is 1.69 bits per heavy atom. The molecule has 0 fully saturated rings. The zero-order valence-corrected chi connectivity index (χ0v) is 8.25. The number of nitrogens with one attached hydrogen (secondary N) is 1. The van der Waals surface area contributed by atoms with Crippen LogP contribution < -0.4 is 5.32 Å². The van der Waals surface area contributed by atoms with Crippen molar-refractivity contribution in [3.63, 3.8) is 0 Å². The first kappa shape index (κ1) is 10.3. The summed E-state index contributed by atoms with van der Waals surface area (Å²) in [7, 11) is 0. The third-order valence-corrected chi connectivity index (χ3v) is 1.82. The van der Waals surface area contributed by atoms with Crippen LogP contribution in [0, 0.1) is 0 Å². The van der Waals surface area contributed by atoms with Crippen molar-refractivity contribution in [1.82, 2.24) is 4.98 Å². The van der Waals surface area contributed by atoms with Crippen molar-refractivity contribution >= 4 is 17.3 Å². The van der Waals surface area contributed by atoms with E-state index in [0.29, 0.717) is 5.15 Å². The Morgan fingerprint density at radius 2 is 2.46 bits per heavy atom. The quantitative estimate of drug-likeness (QED) is 0.730. The summed E-state index contributed by atoms with van der Waals surface area (Å²) in [5.74, 6) is 0. The molecule has 0 amide bonds. The molecule has 0 aromatic carbocycles. The SMILES string of the molecule is CC(O)CCNc1ccnc(Cl)c1. The number of pyridine rings is 1. The zero-order chi connectivity index (χ0) is 9.68. The van der Waals surface area contributed by atoms with Gasteiger partial charge in [-0.25, -0.2) is 4.98 Å². The number of nitrogens with zero attached hydrogens (tertiary/aromatic N) is 1. The van der Waals surface area contributed by atoms with Crippen LogP contribution in [0.3, 0.4) is 0 Å². The van der Waals surface area contributed by atoms with Gasteiger partial charge in [0.1, 0.15) is 5.15 Å². The number of rotatable bonds is 4. The van der Waals surface area contributed by atoms with Crippen LogP contribution >= 0.6 is 11.6 Å². The van der Waals surface area contributed by atoms with E-state index in [1.54, 1.807) is 19.2 Å². The lowest BCUT2D eigenvalue weighted by Gasteiger charge is -2.07. The second-order valence-electron chi connectivity index (χ2n) is 2.93. The number of hydrogen-bond acceptors (Lipinski definition) is 3. The van der Waals surface area contributed by atoms with Crippen molar-refractivity contribution in [3.05, 3.63) is 23.5 Å². The summed E-state index contributed by atoms with van der Waals surface area (Å²) in [5.41, 5.74) is 0.931. The van der Waals surface area contributed by atoms with Crippen molar-refractivity contribution in [2.24, 2.45) is 0 Å². The van der Waals surface area contributed by atoms with Crippen molar-refractivity contribution in [2.45, 2.75) is 19.4 Å². The van der Waals surface area contributed by atoms with Crippen molar-refractivity contribution < 1.29 is 5.11 Å². The summed E-state index contributed by atoms with van der Waals surface area (Å²) in [4.78, 5) is 3.86. The summed E-state index contributed by atoms with van der Waals surface area (Å²) in [5, 5.41) is 12.6. The molecule has 0 aliphatic carbocycles. The first-order chi connectivity index (χ1) is 6.18. The van der Waals surface area contributed by atoms with E-state index >= 15 is 0 Å². The highest BCUT2D eigenvalue weighted by Gasteiger charge is 1.96. The molecule has 0 bridgehead atoms. The second-order valence-corrected chi connectivity index (χ2v) is 3.32. The highest BCUT2D eigenvalue weighted by atomic mass is 35.5. The second kappa shape index (κ2) is 5.04. The normalized spacial score (nSPS) is 12.5. The number of aliphatic hydroxyl groups excluding tert-OH is 1. The smallest absolute Gasteiger partial charge is 0.131 e. The fourth-order valence-electron chi connectivity index (χ4n) is 0.938. The average molecular weight is 201 g/mol. The minimum atomic E-state index is -0.273. The minimum Gasteiger partial charge on any atom is -0.393 e. The highest BCUT2D eigenvalue weighted by Crippen LogP contribution is 2.11. The molecular formula is C9H13ClN2O. The molecule has 2 N–H and O–H groups in total. The lowest BCUT2D eigenvalue weighted by molar-refractivity contribution is 0.189. The molecule has 1 atom stereocenters. The monoisotopic (exact) mass is 200 g/mol. The predicted octanol–water partition coefficient (Wildman–Crippen LogP) is 1.92. The maximum absolute atomic E-state index is 9.01. The van der Waals surface area contributed by atoms with Gasteiger partial charge in [-0.3, -0.25) is 0 Å². The molecule has 0 aliphatic rings. The van der Waals surface area contributed by atoms with Gasteiger partial charge >= 0.3 is 0 Å². The molecule has 0 radical (unpaired) electrons. The molecule has 1 aromatic heterocycles.